The van der Waals surface area contributed by atoms with Gasteiger partial charge in [0.2, 0.25) is 10.0 Å². The number of hydrogen-bond acceptors (Lipinski definition) is 4. The molecule has 0 unspecified atom stereocenters. The van der Waals surface area contributed by atoms with Crippen molar-refractivity contribution in [3.63, 3.8) is 0 Å². The van der Waals surface area contributed by atoms with Crippen LogP contribution >= 0.6 is 15.9 Å². The third-order valence-electron chi connectivity index (χ3n) is 3.01. The number of halogens is 1. The van der Waals surface area contributed by atoms with E-state index in [-0.39, 0.29) is 23.5 Å². The summed E-state index contributed by atoms with van der Waals surface area (Å²) in [5.41, 5.74) is -0.463. The first-order valence-electron chi connectivity index (χ1n) is 6.18. The summed E-state index contributed by atoms with van der Waals surface area (Å²) in [5, 5.41) is 18.1. The number of sulfonamides is 1. The molecule has 0 fully saturated rings. The van der Waals surface area contributed by atoms with E-state index in [0.29, 0.717) is 10.0 Å². The van der Waals surface area contributed by atoms with E-state index in [1.54, 1.807) is 20.8 Å². The van der Waals surface area contributed by atoms with Gasteiger partial charge in [0, 0.05) is 16.6 Å². The van der Waals surface area contributed by atoms with Crippen molar-refractivity contribution in [2.75, 3.05) is 6.61 Å². The van der Waals surface area contributed by atoms with Crippen molar-refractivity contribution in [1.82, 2.24) is 4.72 Å². The van der Waals surface area contributed by atoms with E-state index in [4.69, 9.17) is 10.2 Å². The molecule has 1 aromatic carbocycles. The van der Waals surface area contributed by atoms with Crippen molar-refractivity contribution in [3.8, 4) is 0 Å². The van der Waals surface area contributed by atoms with Crippen molar-refractivity contribution in [1.29, 1.82) is 0 Å². The zero-order valence-corrected chi connectivity index (χ0v) is 14.4. The molecule has 0 radical (unpaired) electrons. The second-order valence-electron chi connectivity index (χ2n) is 5.35. The van der Waals surface area contributed by atoms with Gasteiger partial charge in [0.25, 0.3) is 0 Å². The number of rotatable bonds is 6. The quantitative estimate of drug-likeness (QED) is 0.699. The van der Waals surface area contributed by atoms with Gasteiger partial charge in [-0.15, -0.1) is 0 Å². The number of benzene rings is 1. The molecule has 3 N–H and O–H groups in total. The Bertz CT molecular complexity index is 655. The van der Waals surface area contributed by atoms with Crippen molar-refractivity contribution >= 4 is 31.9 Å². The minimum atomic E-state index is -3.89. The predicted molar refractivity (Wildman–Crippen MR) is 81.9 cm³/mol. The van der Waals surface area contributed by atoms with E-state index >= 15 is 0 Å². The van der Waals surface area contributed by atoms with E-state index < -0.39 is 21.5 Å². The molecular weight excluding hydrogens is 362 g/mol. The van der Waals surface area contributed by atoms with Crippen LogP contribution in [0.5, 0.6) is 0 Å². The van der Waals surface area contributed by atoms with Gasteiger partial charge in [0.05, 0.1) is 10.5 Å². The molecular formula is C13H18BrNO5S. The molecule has 0 spiro atoms. The predicted octanol–water partition coefficient (Wildman–Crippen LogP) is 1.90. The zero-order chi connectivity index (χ0) is 16.4. The lowest BCUT2D eigenvalue weighted by Crippen LogP contribution is -2.43. The maximum absolute atomic E-state index is 12.4. The standard InChI is InChI=1S/C13H18BrNO5S/c1-8-10(12(17)18)6-9(7-11(8)14)21(19,20)15-13(2,3)4-5-16/h6-7,15-16H,4-5H2,1-3H3,(H,17,18). The molecule has 1 aromatic rings. The third-order valence-corrected chi connectivity index (χ3v) is 5.51. The Kier molecular flexibility index (Phi) is 5.54. The van der Waals surface area contributed by atoms with Gasteiger partial charge in [-0.25, -0.2) is 17.9 Å². The molecule has 21 heavy (non-hydrogen) atoms. The molecule has 0 heterocycles. The van der Waals surface area contributed by atoms with E-state index in [1.807, 2.05) is 0 Å². The zero-order valence-electron chi connectivity index (χ0n) is 12.0. The Morgan fingerprint density at radius 1 is 1.38 bits per heavy atom. The average Bonchev–Trinajstić information content (AvgIpc) is 2.30. The Morgan fingerprint density at radius 3 is 2.43 bits per heavy atom. The van der Waals surface area contributed by atoms with Crippen LogP contribution in [0.25, 0.3) is 0 Å². The van der Waals surface area contributed by atoms with Crippen LogP contribution in [0.3, 0.4) is 0 Å². The number of carbonyl (C=O) groups is 1. The van der Waals surface area contributed by atoms with Gasteiger partial charge >= 0.3 is 5.97 Å². The highest BCUT2D eigenvalue weighted by Crippen LogP contribution is 2.26. The summed E-state index contributed by atoms with van der Waals surface area (Å²) < 4.78 is 27.6. The van der Waals surface area contributed by atoms with Crippen LogP contribution in [0.4, 0.5) is 0 Å². The second kappa shape index (κ2) is 6.43. The monoisotopic (exact) mass is 379 g/mol. The maximum Gasteiger partial charge on any atom is 0.336 e. The maximum atomic E-state index is 12.4. The lowest BCUT2D eigenvalue weighted by molar-refractivity contribution is 0.0695. The Balaban J connectivity index is 3.30. The summed E-state index contributed by atoms with van der Waals surface area (Å²) >= 11 is 3.17. The highest BCUT2D eigenvalue weighted by molar-refractivity contribution is 9.10. The molecule has 0 saturated carbocycles. The molecule has 0 aliphatic rings. The van der Waals surface area contributed by atoms with Crippen LogP contribution in [0, 0.1) is 6.92 Å². The molecule has 0 aliphatic carbocycles. The highest BCUT2D eigenvalue weighted by Gasteiger charge is 2.27. The van der Waals surface area contributed by atoms with Crippen LogP contribution in [-0.4, -0.2) is 36.7 Å². The molecule has 0 aromatic heterocycles. The van der Waals surface area contributed by atoms with Gasteiger partial charge in [-0.1, -0.05) is 15.9 Å². The smallest absolute Gasteiger partial charge is 0.336 e. The fourth-order valence-electron chi connectivity index (χ4n) is 1.78. The molecule has 1 rings (SSSR count). The van der Waals surface area contributed by atoms with Crippen molar-refractivity contribution in [2.45, 2.75) is 37.6 Å². The molecule has 6 nitrogen and oxygen atoms in total. The SMILES string of the molecule is Cc1c(Br)cc(S(=O)(=O)NC(C)(C)CCO)cc1C(=O)O. The Morgan fingerprint density at radius 2 is 1.95 bits per heavy atom. The first-order chi connectivity index (χ1) is 9.50. The van der Waals surface area contributed by atoms with Gasteiger partial charge in [-0.2, -0.15) is 0 Å². The summed E-state index contributed by atoms with van der Waals surface area (Å²) in [6.45, 7) is 4.71. The van der Waals surface area contributed by atoms with E-state index in [9.17, 15) is 13.2 Å². The van der Waals surface area contributed by atoms with Crippen LogP contribution < -0.4 is 4.72 Å². The molecule has 0 bridgehead atoms. The number of aliphatic hydroxyl groups is 1. The van der Waals surface area contributed by atoms with Crippen molar-refractivity contribution in [2.24, 2.45) is 0 Å². The fraction of sp³-hybridized carbons (Fsp3) is 0.462. The topological polar surface area (TPSA) is 104 Å². The highest BCUT2D eigenvalue weighted by atomic mass is 79.9. The van der Waals surface area contributed by atoms with E-state index in [1.165, 1.54) is 6.07 Å². The van der Waals surface area contributed by atoms with Gasteiger partial charge in [0.1, 0.15) is 0 Å². The van der Waals surface area contributed by atoms with Gasteiger partial charge in [0.15, 0.2) is 0 Å². The molecule has 0 saturated heterocycles. The number of nitrogens with one attached hydrogen (secondary N) is 1. The largest absolute Gasteiger partial charge is 0.478 e. The normalized spacial score (nSPS) is 12.4. The summed E-state index contributed by atoms with van der Waals surface area (Å²) in [4.78, 5) is 11.0. The van der Waals surface area contributed by atoms with Gasteiger partial charge in [-0.05, 0) is 44.9 Å². The molecule has 0 amide bonds. The summed E-state index contributed by atoms with van der Waals surface area (Å²) in [6, 6.07) is 2.49. The van der Waals surface area contributed by atoms with Gasteiger partial charge in [-0.3, -0.25) is 0 Å². The number of hydrogen-bond donors (Lipinski definition) is 3. The second-order valence-corrected chi connectivity index (χ2v) is 7.88. The molecule has 118 valence electrons. The lowest BCUT2D eigenvalue weighted by Gasteiger charge is -2.25. The summed E-state index contributed by atoms with van der Waals surface area (Å²) in [5.74, 6) is -1.19. The van der Waals surface area contributed by atoms with Crippen LogP contribution in [-0.2, 0) is 10.0 Å². The number of carboxylic acid groups (broad SMARTS) is 1. The van der Waals surface area contributed by atoms with Gasteiger partial charge < -0.3 is 10.2 Å². The minimum Gasteiger partial charge on any atom is -0.478 e. The third kappa shape index (κ3) is 4.50. The average molecular weight is 380 g/mol. The first-order valence-corrected chi connectivity index (χ1v) is 8.46. The molecule has 0 aliphatic heterocycles. The number of aromatic carboxylic acids is 1. The molecule has 0 atom stereocenters. The Labute approximate surface area is 132 Å². The minimum absolute atomic E-state index is 0.0790. The number of aliphatic hydroxyl groups excluding tert-OH is 1. The van der Waals surface area contributed by atoms with E-state index in [2.05, 4.69) is 20.7 Å². The summed E-state index contributed by atoms with van der Waals surface area (Å²) in [7, 11) is -3.89. The van der Waals surface area contributed by atoms with Crippen LogP contribution in [0.15, 0.2) is 21.5 Å². The van der Waals surface area contributed by atoms with Crippen molar-refractivity contribution in [3.05, 3.63) is 27.7 Å². The van der Waals surface area contributed by atoms with E-state index in [0.717, 1.165) is 6.07 Å². The van der Waals surface area contributed by atoms with Crippen LogP contribution in [0.1, 0.15) is 36.2 Å². The summed E-state index contributed by atoms with van der Waals surface area (Å²) in [6.07, 6.45) is 0.241. The first kappa shape index (κ1) is 18.1. The fourth-order valence-corrected chi connectivity index (χ4v) is 3.89. The van der Waals surface area contributed by atoms with Crippen LogP contribution in [0.2, 0.25) is 0 Å². The Hall–Kier alpha value is -0.960. The van der Waals surface area contributed by atoms with Crippen molar-refractivity contribution < 1.29 is 23.4 Å². The molecule has 8 heteroatoms. The number of carboxylic acids is 1. The lowest BCUT2D eigenvalue weighted by atomic mass is 10.0.